The SMILES string of the molecule is NCc1sccc1-c1cnn(-c2ccccc2)c1. The summed E-state index contributed by atoms with van der Waals surface area (Å²) in [6.45, 7) is 0.573. The third-order valence-corrected chi connectivity index (χ3v) is 3.79. The number of benzene rings is 1. The van der Waals surface area contributed by atoms with Crippen molar-refractivity contribution >= 4 is 11.3 Å². The molecule has 0 aliphatic heterocycles. The first-order valence-corrected chi connectivity index (χ1v) is 6.63. The largest absolute Gasteiger partial charge is 0.326 e. The first kappa shape index (κ1) is 11.2. The van der Waals surface area contributed by atoms with Crippen molar-refractivity contribution in [3.63, 3.8) is 0 Å². The molecular weight excluding hydrogens is 242 g/mol. The van der Waals surface area contributed by atoms with E-state index in [2.05, 4.69) is 16.5 Å². The van der Waals surface area contributed by atoms with Gasteiger partial charge in [-0.2, -0.15) is 5.10 Å². The van der Waals surface area contributed by atoms with Crippen LogP contribution >= 0.6 is 11.3 Å². The molecule has 4 heteroatoms. The van der Waals surface area contributed by atoms with Crippen molar-refractivity contribution in [2.45, 2.75) is 6.54 Å². The van der Waals surface area contributed by atoms with E-state index in [4.69, 9.17) is 5.73 Å². The van der Waals surface area contributed by atoms with Gasteiger partial charge in [-0.1, -0.05) is 18.2 Å². The fraction of sp³-hybridized carbons (Fsp3) is 0.0714. The maximum absolute atomic E-state index is 5.73. The van der Waals surface area contributed by atoms with E-state index in [0.717, 1.165) is 11.3 Å². The highest BCUT2D eigenvalue weighted by Gasteiger charge is 2.08. The molecule has 0 saturated heterocycles. The van der Waals surface area contributed by atoms with Gasteiger partial charge >= 0.3 is 0 Å². The monoisotopic (exact) mass is 255 g/mol. The van der Waals surface area contributed by atoms with Crippen LogP contribution in [0.5, 0.6) is 0 Å². The van der Waals surface area contributed by atoms with Crippen molar-refractivity contribution < 1.29 is 0 Å². The smallest absolute Gasteiger partial charge is 0.0645 e. The molecule has 0 amide bonds. The molecular formula is C14H13N3S. The third kappa shape index (κ3) is 1.96. The lowest BCUT2D eigenvalue weighted by Gasteiger charge is -1.99. The quantitative estimate of drug-likeness (QED) is 0.781. The van der Waals surface area contributed by atoms with E-state index < -0.39 is 0 Å². The molecule has 2 heterocycles. The minimum atomic E-state index is 0.573. The second-order valence-corrected chi connectivity index (χ2v) is 4.97. The molecule has 0 aliphatic rings. The fourth-order valence-electron chi connectivity index (χ4n) is 1.94. The first-order chi connectivity index (χ1) is 8.88. The average Bonchev–Trinajstić information content (AvgIpc) is 3.08. The lowest BCUT2D eigenvalue weighted by Crippen LogP contribution is -1.94. The van der Waals surface area contributed by atoms with E-state index in [1.807, 2.05) is 47.4 Å². The van der Waals surface area contributed by atoms with Crippen LogP contribution in [0, 0.1) is 0 Å². The van der Waals surface area contributed by atoms with Gasteiger partial charge in [-0.05, 0) is 23.6 Å². The molecule has 0 saturated carbocycles. The van der Waals surface area contributed by atoms with Crippen LogP contribution in [0.25, 0.3) is 16.8 Å². The van der Waals surface area contributed by atoms with E-state index >= 15 is 0 Å². The Bertz CT molecular complexity index is 640. The van der Waals surface area contributed by atoms with Crippen molar-refractivity contribution in [1.29, 1.82) is 0 Å². The average molecular weight is 255 g/mol. The predicted molar refractivity (Wildman–Crippen MR) is 74.8 cm³/mol. The summed E-state index contributed by atoms with van der Waals surface area (Å²) in [6.07, 6.45) is 3.92. The Morgan fingerprint density at radius 1 is 1.17 bits per heavy atom. The summed E-state index contributed by atoms with van der Waals surface area (Å²) in [5.41, 5.74) is 9.09. The first-order valence-electron chi connectivity index (χ1n) is 5.75. The fourth-order valence-corrected chi connectivity index (χ4v) is 2.72. The highest BCUT2D eigenvalue weighted by Crippen LogP contribution is 2.28. The van der Waals surface area contributed by atoms with E-state index in [1.54, 1.807) is 11.3 Å². The Kier molecular flexibility index (Phi) is 2.96. The zero-order valence-corrected chi connectivity index (χ0v) is 10.6. The lowest BCUT2D eigenvalue weighted by atomic mass is 10.1. The van der Waals surface area contributed by atoms with Crippen molar-refractivity contribution in [2.24, 2.45) is 5.73 Å². The summed E-state index contributed by atoms with van der Waals surface area (Å²) in [5.74, 6) is 0. The summed E-state index contributed by atoms with van der Waals surface area (Å²) < 4.78 is 1.88. The number of thiophene rings is 1. The normalized spacial score (nSPS) is 10.7. The lowest BCUT2D eigenvalue weighted by molar-refractivity contribution is 0.881. The van der Waals surface area contributed by atoms with Gasteiger partial charge in [0.25, 0.3) is 0 Å². The number of nitrogens with zero attached hydrogens (tertiary/aromatic N) is 2. The molecule has 18 heavy (non-hydrogen) atoms. The highest BCUT2D eigenvalue weighted by atomic mass is 32.1. The van der Waals surface area contributed by atoms with Crippen LogP contribution in [0.1, 0.15) is 4.88 Å². The number of para-hydroxylation sites is 1. The Morgan fingerprint density at radius 3 is 2.78 bits per heavy atom. The molecule has 2 N–H and O–H groups in total. The molecule has 0 spiro atoms. The Balaban J connectivity index is 2.00. The van der Waals surface area contributed by atoms with Gasteiger partial charge in [0.2, 0.25) is 0 Å². The Morgan fingerprint density at radius 2 is 2.00 bits per heavy atom. The molecule has 3 rings (SSSR count). The minimum Gasteiger partial charge on any atom is -0.326 e. The molecule has 3 aromatic rings. The molecule has 0 unspecified atom stereocenters. The van der Waals surface area contributed by atoms with E-state index in [1.165, 1.54) is 10.4 Å². The topological polar surface area (TPSA) is 43.8 Å². The molecule has 0 fully saturated rings. The zero-order valence-electron chi connectivity index (χ0n) is 9.78. The van der Waals surface area contributed by atoms with Crippen molar-refractivity contribution in [2.75, 3.05) is 0 Å². The maximum atomic E-state index is 5.73. The number of nitrogens with two attached hydrogens (primary N) is 1. The number of aromatic nitrogens is 2. The second kappa shape index (κ2) is 4.76. The van der Waals surface area contributed by atoms with Crippen LogP contribution in [0.2, 0.25) is 0 Å². The van der Waals surface area contributed by atoms with Gasteiger partial charge in [0.05, 0.1) is 11.9 Å². The van der Waals surface area contributed by atoms with Crippen LogP contribution < -0.4 is 5.73 Å². The standard InChI is InChI=1S/C14H13N3S/c15-8-14-13(6-7-18-14)11-9-16-17(10-11)12-4-2-1-3-5-12/h1-7,9-10H,8,15H2. The van der Waals surface area contributed by atoms with Gasteiger partial charge in [0.15, 0.2) is 0 Å². The van der Waals surface area contributed by atoms with Crippen LogP contribution in [0.4, 0.5) is 0 Å². The number of rotatable bonds is 3. The van der Waals surface area contributed by atoms with Crippen molar-refractivity contribution in [3.8, 4) is 16.8 Å². The Labute approximate surface area is 109 Å². The number of hydrogen-bond donors (Lipinski definition) is 1. The Hall–Kier alpha value is -1.91. The molecule has 0 aliphatic carbocycles. The molecule has 1 aromatic carbocycles. The summed E-state index contributed by atoms with van der Waals surface area (Å²) in [5, 5.41) is 6.47. The summed E-state index contributed by atoms with van der Waals surface area (Å²) >= 11 is 1.69. The highest BCUT2D eigenvalue weighted by molar-refractivity contribution is 7.10. The summed E-state index contributed by atoms with van der Waals surface area (Å²) in [4.78, 5) is 1.20. The molecule has 0 radical (unpaired) electrons. The van der Waals surface area contributed by atoms with Gasteiger partial charge in [0.1, 0.15) is 0 Å². The van der Waals surface area contributed by atoms with Gasteiger partial charge < -0.3 is 5.73 Å². The second-order valence-electron chi connectivity index (χ2n) is 3.97. The predicted octanol–water partition coefficient (Wildman–Crippen LogP) is 3.06. The molecule has 2 aromatic heterocycles. The van der Waals surface area contributed by atoms with Crippen LogP contribution in [-0.4, -0.2) is 9.78 Å². The van der Waals surface area contributed by atoms with Crippen LogP contribution in [-0.2, 0) is 6.54 Å². The van der Waals surface area contributed by atoms with E-state index in [0.29, 0.717) is 6.54 Å². The van der Waals surface area contributed by atoms with Crippen LogP contribution in [0.3, 0.4) is 0 Å². The minimum absolute atomic E-state index is 0.573. The molecule has 90 valence electrons. The molecule has 0 bridgehead atoms. The zero-order chi connectivity index (χ0) is 12.4. The number of hydrogen-bond acceptors (Lipinski definition) is 3. The van der Waals surface area contributed by atoms with E-state index in [-0.39, 0.29) is 0 Å². The van der Waals surface area contributed by atoms with Gasteiger partial charge in [0, 0.05) is 28.7 Å². The molecule has 3 nitrogen and oxygen atoms in total. The third-order valence-electron chi connectivity index (χ3n) is 2.85. The van der Waals surface area contributed by atoms with Crippen LogP contribution in [0.15, 0.2) is 54.2 Å². The maximum Gasteiger partial charge on any atom is 0.0645 e. The van der Waals surface area contributed by atoms with Crippen molar-refractivity contribution in [3.05, 3.63) is 59.0 Å². The summed E-state index contributed by atoms with van der Waals surface area (Å²) in [7, 11) is 0. The van der Waals surface area contributed by atoms with Gasteiger partial charge in [-0.3, -0.25) is 0 Å². The van der Waals surface area contributed by atoms with Gasteiger partial charge in [-0.25, -0.2) is 4.68 Å². The van der Waals surface area contributed by atoms with E-state index in [9.17, 15) is 0 Å². The molecule has 0 atom stereocenters. The summed E-state index contributed by atoms with van der Waals surface area (Å²) in [6, 6.07) is 12.2. The van der Waals surface area contributed by atoms with Crippen molar-refractivity contribution in [1.82, 2.24) is 9.78 Å². The van der Waals surface area contributed by atoms with Gasteiger partial charge in [-0.15, -0.1) is 11.3 Å².